The van der Waals surface area contributed by atoms with Gasteiger partial charge in [-0.05, 0) is 56.8 Å². The average molecular weight is 237 g/mol. The van der Waals surface area contributed by atoms with Crippen molar-refractivity contribution < 1.29 is 9.50 Å². The number of benzene rings is 1. The molecule has 2 rings (SSSR count). The molecule has 94 valence electrons. The van der Waals surface area contributed by atoms with Crippen LogP contribution in [0, 0.1) is 5.82 Å². The highest BCUT2D eigenvalue weighted by Gasteiger charge is 2.35. The second-order valence-corrected chi connectivity index (χ2v) is 5.14. The van der Waals surface area contributed by atoms with Crippen molar-refractivity contribution in [3.05, 3.63) is 35.6 Å². The minimum atomic E-state index is -0.581. The highest BCUT2D eigenvalue weighted by Crippen LogP contribution is 2.29. The Labute approximate surface area is 102 Å². The normalized spacial score (nSPS) is 28.5. The van der Waals surface area contributed by atoms with Gasteiger partial charge in [0.1, 0.15) is 5.82 Å². The molecule has 1 fully saturated rings. The highest BCUT2D eigenvalue weighted by atomic mass is 19.1. The van der Waals surface area contributed by atoms with E-state index in [2.05, 4.69) is 5.32 Å². The Morgan fingerprint density at radius 2 is 2.35 bits per heavy atom. The minimum absolute atomic E-state index is 0.177. The lowest BCUT2D eigenvalue weighted by Crippen LogP contribution is -2.45. The third kappa shape index (κ3) is 3.27. The predicted molar refractivity (Wildman–Crippen MR) is 66.4 cm³/mol. The predicted octanol–water partition coefficient (Wildman–Crippen LogP) is 2.26. The zero-order valence-electron chi connectivity index (χ0n) is 10.2. The van der Waals surface area contributed by atoms with Crippen molar-refractivity contribution in [2.75, 3.05) is 6.54 Å². The molecule has 1 saturated carbocycles. The molecule has 0 aliphatic heterocycles. The first-order valence-corrected chi connectivity index (χ1v) is 6.28. The number of rotatable bonds is 4. The molecule has 0 amide bonds. The monoisotopic (exact) mass is 237 g/mol. The van der Waals surface area contributed by atoms with Crippen LogP contribution < -0.4 is 5.32 Å². The van der Waals surface area contributed by atoms with Gasteiger partial charge in [-0.1, -0.05) is 12.1 Å². The SMILES string of the molecule is CC1(O)CCCC1NCCc1cccc(F)c1. The first-order chi connectivity index (χ1) is 8.08. The smallest absolute Gasteiger partial charge is 0.123 e. The second-order valence-electron chi connectivity index (χ2n) is 5.14. The van der Waals surface area contributed by atoms with Crippen molar-refractivity contribution >= 4 is 0 Å². The molecule has 1 aromatic rings. The van der Waals surface area contributed by atoms with Crippen molar-refractivity contribution in [3.63, 3.8) is 0 Å². The van der Waals surface area contributed by atoms with Gasteiger partial charge >= 0.3 is 0 Å². The molecule has 2 nitrogen and oxygen atoms in total. The van der Waals surface area contributed by atoms with E-state index in [9.17, 15) is 9.50 Å². The standard InChI is InChI=1S/C14H20FNO/c1-14(17)8-3-6-13(14)16-9-7-11-4-2-5-12(15)10-11/h2,4-5,10,13,16-17H,3,6-9H2,1H3. The number of hydrogen-bond acceptors (Lipinski definition) is 2. The molecule has 1 aliphatic carbocycles. The zero-order chi connectivity index (χ0) is 12.3. The summed E-state index contributed by atoms with van der Waals surface area (Å²) in [5.41, 5.74) is 0.414. The number of halogens is 1. The minimum Gasteiger partial charge on any atom is -0.389 e. The van der Waals surface area contributed by atoms with Crippen LogP contribution in [0.3, 0.4) is 0 Å². The topological polar surface area (TPSA) is 32.3 Å². The molecule has 17 heavy (non-hydrogen) atoms. The third-order valence-corrected chi connectivity index (χ3v) is 3.62. The Kier molecular flexibility index (Phi) is 3.79. The van der Waals surface area contributed by atoms with Crippen LogP contribution >= 0.6 is 0 Å². The molecular weight excluding hydrogens is 217 g/mol. The van der Waals surface area contributed by atoms with E-state index in [1.54, 1.807) is 12.1 Å². The maximum absolute atomic E-state index is 13.0. The average Bonchev–Trinajstić information content (AvgIpc) is 2.58. The third-order valence-electron chi connectivity index (χ3n) is 3.62. The molecule has 0 radical (unpaired) electrons. The molecule has 0 spiro atoms. The van der Waals surface area contributed by atoms with Crippen LogP contribution in [0.4, 0.5) is 4.39 Å². The van der Waals surface area contributed by atoms with E-state index in [1.807, 2.05) is 13.0 Å². The van der Waals surface area contributed by atoms with Gasteiger partial charge in [-0.2, -0.15) is 0 Å². The van der Waals surface area contributed by atoms with Crippen LogP contribution in [0.2, 0.25) is 0 Å². The summed E-state index contributed by atoms with van der Waals surface area (Å²) < 4.78 is 13.0. The summed E-state index contributed by atoms with van der Waals surface area (Å²) in [5, 5.41) is 13.4. The maximum Gasteiger partial charge on any atom is 0.123 e. The van der Waals surface area contributed by atoms with Crippen molar-refractivity contribution in [3.8, 4) is 0 Å². The Balaban J connectivity index is 1.80. The Bertz CT molecular complexity index is 378. The van der Waals surface area contributed by atoms with E-state index in [1.165, 1.54) is 6.07 Å². The van der Waals surface area contributed by atoms with Gasteiger partial charge in [-0.15, -0.1) is 0 Å². The van der Waals surface area contributed by atoms with E-state index in [0.717, 1.165) is 37.8 Å². The fourth-order valence-electron chi connectivity index (χ4n) is 2.55. The molecule has 0 heterocycles. The van der Waals surface area contributed by atoms with Gasteiger partial charge in [-0.3, -0.25) is 0 Å². The Morgan fingerprint density at radius 3 is 3.00 bits per heavy atom. The fraction of sp³-hybridized carbons (Fsp3) is 0.571. The zero-order valence-corrected chi connectivity index (χ0v) is 10.2. The van der Waals surface area contributed by atoms with Crippen LogP contribution in [-0.4, -0.2) is 23.3 Å². The maximum atomic E-state index is 13.0. The van der Waals surface area contributed by atoms with E-state index in [-0.39, 0.29) is 11.9 Å². The molecule has 3 heteroatoms. The molecule has 0 bridgehead atoms. The molecule has 1 aromatic carbocycles. The lowest BCUT2D eigenvalue weighted by molar-refractivity contribution is 0.0395. The summed E-state index contributed by atoms with van der Waals surface area (Å²) in [6.07, 6.45) is 3.76. The summed E-state index contributed by atoms with van der Waals surface area (Å²) in [6.45, 7) is 2.67. The molecule has 1 aliphatic rings. The molecule has 0 saturated heterocycles. The van der Waals surface area contributed by atoms with Gasteiger partial charge in [0.2, 0.25) is 0 Å². The lowest BCUT2D eigenvalue weighted by Gasteiger charge is -2.26. The van der Waals surface area contributed by atoms with Crippen molar-refractivity contribution in [2.45, 2.75) is 44.2 Å². The molecule has 2 N–H and O–H groups in total. The van der Waals surface area contributed by atoms with Crippen LogP contribution in [0.1, 0.15) is 31.7 Å². The number of nitrogens with one attached hydrogen (secondary N) is 1. The fourth-order valence-corrected chi connectivity index (χ4v) is 2.55. The van der Waals surface area contributed by atoms with Gasteiger partial charge in [0, 0.05) is 6.04 Å². The van der Waals surface area contributed by atoms with Crippen molar-refractivity contribution in [1.29, 1.82) is 0 Å². The molecular formula is C14H20FNO. The molecule has 2 atom stereocenters. The second kappa shape index (κ2) is 5.15. The summed E-state index contributed by atoms with van der Waals surface area (Å²) in [4.78, 5) is 0. The first-order valence-electron chi connectivity index (χ1n) is 6.28. The Morgan fingerprint density at radius 1 is 1.53 bits per heavy atom. The van der Waals surface area contributed by atoms with Gasteiger partial charge < -0.3 is 10.4 Å². The van der Waals surface area contributed by atoms with Gasteiger partial charge in [-0.25, -0.2) is 4.39 Å². The highest BCUT2D eigenvalue weighted by molar-refractivity contribution is 5.16. The summed E-state index contributed by atoms with van der Waals surface area (Å²) in [6, 6.07) is 6.86. The summed E-state index contributed by atoms with van der Waals surface area (Å²) >= 11 is 0. The van der Waals surface area contributed by atoms with Crippen LogP contribution in [0.5, 0.6) is 0 Å². The molecule has 2 unspecified atom stereocenters. The largest absolute Gasteiger partial charge is 0.389 e. The quantitative estimate of drug-likeness (QED) is 0.842. The van der Waals surface area contributed by atoms with Gasteiger partial charge in [0.05, 0.1) is 5.60 Å². The number of aliphatic hydroxyl groups is 1. The van der Waals surface area contributed by atoms with Gasteiger partial charge in [0.15, 0.2) is 0 Å². The van der Waals surface area contributed by atoms with Crippen LogP contribution in [0.25, 0.3) is 0 Å². The van der Waals surface area contributed by atoms with Crippen molar-refractivity contribution in [2.24, 2.45) is 0 Å². The van der Waals surface area contributed by atoms with Crippen LogP contribution in [0.15, 0.2) is 24.3 Å². The Hall–Kier alpha value is -0.930. The lowest BCUT2D eigenvalue weighted by atomic mass is 10.0. The van der Waals surface area contributed by atoms with E-state index in [0.29, 0.717) is 0 Å². The molecule has 0 aromatic heterocycles. The van der Waals surface area contributed by atoms with Gasteiger partial charge in [0.25, 0.3) is 0 Å². The van der Waals surface area contributed by atoms with E-state index < -0.39 is 5.60 Å². The summed E-state index contributed by atoms with van der Waals surface area (Å²) in [7, 11) is 0. The van der Waals surface area contributed by atoms with Crippen LogP contribution in [-0.2, 0) is 6.42 Å². The first kappa shape index (κ1) is 12.5. The van der Waals surface area contributed by atoms with E-state index in [4.69, 9.17) is 0 Å². The summed E-state index contributed by atoms with van der Waals surface area (Å²) in [5.74, 6) is -0.185. The number of hydrogen-bond donors (Lipinski definition) is 2. The van der Waals surface area contributed by atoms with E-state index >= 15 is 0 Å². The van der Waals surface area contributed by atoms with Crippen molar-refractivity contribution in [1.82, 2.24) is 5.32 Å².